The van der Waals surface area contributed by atoms with Crippen LogP contribution in [0.3, 0.4) is 0 Å². The van der Waals surface area contributed by atoms with Crippen molar-refractivity contribution in [1.82, 2.24) is 5.32 Å². The largest absolute Gasteiger partial charge is 0.382 e. The number of methoxy groups -OCH3 is 1. The SMILES string of the molecule is COCCOC1CCC12CCNCC2. The van der Waals surface area contributed by atoms with Gasteiger partial charge in [-0.3, -0.25) is 0 Å². The predicted molar refractivity (Wildman–Crippen MR) is 55.4 cm³/mol. The minimum atomic E-state index is 0.514. The van der Waals surface area contributed by atoms with Gasteiger partial charge < -0.3 is 14.8 Å². The summed E-state index contributed by atoms with van der Waals surface area (Å²) in [7, 11) is 1.73. The van der Waals surface area contributed by atoms with E-state index in [1.807, 2.05) is 0 Å². The van der Waals surface area contributed by atoms with Crippen molar-refractivity contribution in [2.75, 3.05) is 33.4 Å². The molecule has 1 N–H and O–H groups in total. The van der Waals surface area contributed by atoms with Gasteiger partial charge in [-0.25, -0.2) is 0 Å². The van der Waals surface area contributed by atoms with Gasteiger partial charge in [0.25, 0.3) is 0 Å². The summed E-state index contributed by atoms with van der Waals surface area (Å²) in [5.74, 6) is 0. The van der Waals surface area contributed by atoms with E-state index in [2.05, 4.69) is 5.32 Å². The number of rotatable bonds is 4. The molecule has 14 heavy (non-hydrogen) atoms. The summed E-state index contributed by atoms with van der Waals surface area (Å²) < 4.78 is 10.9. The van der Waals surface area contributed by atoms with Crippen LogP contribution in [-0.2, 0) is 9.47 Å². The van der Waals surface area contributed by atoms with Crippen LogP contribution in [-0.4, -0.2) is 39.5 Å². The molecule has 1 aliphatic heterocycles. The highest BCUT2D eigenvalue weighted by molar-refractivity contribution is 4.99. The molecule has 1 saturated carbocycles. The van der Waals surface area contributed by atoms with Crippen LogP contribution in [0.25, 0.3) is 0 Å². The van der Waals surface area contributed by atoms with Crippen molar-refractivity contribution in [1.29, 1.82) is 0 Å². The van der Waals surface area contributed by atoms with Crippen LogP contribution in [0, 0.1) is 5.41 Å². The van der Waals surface area contributed by atoms with Crippen molar-refractivity contribution in [2.24, 2.45) is 5.41 Å². The first-order valence-corrected chi connectivity index (χ1v) is 5.69. The second kappa shape index (κ2) is 4.60. The Hall–Kier alpha value is -0.120. The fraction of sp³-hybridized carbons (Fsp3) is 1.00. The molecule has 3 nitrogen and oxygen atoms in total. The molecule has 1 atom stereocenters. The zero-order valence-corrected chi connectivity index (χ0v) is 9.05. The van der Waals surface area contributed by atoms with Crippen LogP contribution in [0.2, 0.25) is 0 Å². The van der Waals surface area contributed by atoms with Gasteiger partial charge in [0, 0.05) is 7.11 Å². The molecule has 0 bridgehead atoms. The molecule has 2 rings (SSSR count). The van der Waals surface area contributed by atoms with E-state index in [0.717, 1.165) is 13.2 Å². The van der Waals surface area contributed by atoms with Gasteiger partial charge in [-0.05, 0) is 44.2 Å². The van der Waals surface area contributed by atoms with Crippen LogP contribution in [0.15, 0.2) is 0 Å². The van der Waals surface area contributed by atoms with E-state index in [1.165, 1.54) is 38.8 Å². The van der Waals surface area contributed by atoms with Crippen LogP contribution in [0.1, 0.15) is 25.7 Å². The molecule has 0 amide bonds. The lowest BCUT2D eigenvalue weighted by Crippen LogP contribution is -2.52. The van der Waals surface area contributed by atoms with Crippen molar-refractivity contribution in [3.05, 3.63) is 0 Å². The van der Waals surface area contributed by atoms with Crippen molar-refractivity contribution in [3.63, 3.8) is 0 Å². The van der Waals surface area contributed by atoms with Gasteiger partial charge in [0.1, 0.15) is 0 Å². The molecule has 1 saturated heterocycles. The Morgan fingerprint density at radius 1 is 1.21 bits per heavy atom. The predicted octanol–water partition coefficient (Wildman–Crippen LogP) is 1.18. The molecule has 82 valence electrons. The number of piperidine rings is 1. The smallest absolute Gasteiger partial charge is 0.0704 e. The van der Waals surface area contributed by atoms with Gasteiger partial charge >= 0.3 is 0 Å². The first-order chi connectivity index (χ1) is 6.87. The highest BCUT2D eigenvalue weighted by atomic mass is 16.5. The molecule has 0 aromatic carbocycles. The molecule has 3 heteroatoms. The summed E-state index contributed by atoms with van der Waals surface area (Å²) in [4.78, 5) is 0. The van der Waals surface area contributed by atoms with E-state index in [0.29, 0.717) is 11.5 Å². The lowest BCUT2D eigenvalue weighted by molar-refractivity contribution is -0.132. The number of hydrogen-bond donors (Lipinski definition) is 1. The molecule has 1 heterocycles. The van der Waals surface area contributed by atoms with E-state index in [4.69, 9.17) is 9.47 Å². The van der Waals surface area contributed by atoms with Gasteiger partial charge in [0.2, 0.25) is 0 Å². The molecule has 0 aromatic heterocycles. The second-order valence-electron chi connectivity index (χ2n) is 4.50. The third-order valence-electron chi connectivity index (χ3n) is 3.79. The first-order valence-electron chi connectivity index (χ1n) is 5.69. The molecule has 2 aliphatic rings. The van der Waals surface area contributed by atoms with Crippen LogP contribution >= 0.6 is 0 Å². The number of hydrogen-bond acceptors (Lipinski definition) is 3. The summed E-state index contributed by atoms with van der Waals surface area (Å²) in [6.07, 6.45) is 5.73. The van der Waals surface area contributed by atoms with Crippen molar-refractivity contribution >= 4 is 0 Å². The molecule has 1 spiro atoms. The Morgan fingerprint density at radius 2 is 2.00 bits per heavy atom. The Labute approximate surface area is 86.2 Å². The topological polar surface area (TPSA) is 30.5 Å². The molecular weight excluding hydrogens is 178 g/mol. The third-order valence-corrected chi connectivity index (χ3v) is 3.79. The van der Waals surface area contributed by atoms with E-state index in [9.17, 15) is 0 Å². The van der Waals surface area contributed by atoms with Crippen LogP contribution in [0.4, 0.5) is 0 Å². The van der Waals surface area contributed by atoms with Gasteiger partial charge in [-0.15, -0.1) is 0 Å². The summed E-state index contributed by atoms with van der Waals surface area (Å²) >= 11 is 0. The normalized spacial score (nSPS) is 30.2. The lowest BCUT2D eigenvalue weighted by atomic mass is 9.61. The zero-order chi connectivity index (χ0) is 9.86. The maximum absolute atomic E-state index is 5.86. The maximum atomic E-state index is 5.86. The molecular formula is C11H21NO2. The number of nitrogens with one attached hydrogen (secondary N) is 1. The summed E-state index contributed by atoms with van der Waals surface area (Å²) in [5.41, 5.74) is 0.527. The van der Waals surface area contributed by atoms with Gasteiger partial charge in [0.15, 0.2) is 0 Å². The average Bonchev–Trinajstić information content (AvgIpc) is 2.24. The maximum Gasteiger partial charge on any atom is 0.0704 e. The minimum absolute atomic E-state index is 0.514. The highest BCUT2D eigenvalue weighted by Gasteiger charge is 2.47. The van der Waals surface area contributed by atoms with Crippen LogP contribution < -0.4 is 5.32 Å². The van der Waals surface area contributed by atoms with Gasteiger partial charge in [0.05, 0.1) is 19.3 Å². The monoisotopic (exact) mass is 199 g/mol. The molecule has 1 aliphatic carbocycles. The van der Waals surface area contributed by atoms with Crippen molar-refractivity contribution in [2.45, 2.75) is 31.8 Å². The Bertz CT molecular complexity index is 178. The summed E-state index contributed by atoms with van der Waals surface area (Å²) in [6, 6.07) is 0. The molecule has 2 fully saturated rings. The molecule has 1 unspecified atom stereocenters. The average molecular weight is 199 g/mol. The van der Waals surface area contributed by atoms with E-state index < -0.39 is 0 Å². The van der Waals surface area contributed by atoms with Crippen LogP contribution in [0.5, 0.6) is 0 Å². The zero-order valence-electron chi connectivity index (χ0n) is 9.05. The Morgan fingerprint density at radius 3 is 2.57 bits per heavy atom. The van der Waals surface area contributed by atoms with Crippen molar-refractivity contribution < 1.29 is 9.47 Å². The Balaban J connectivity index is 1.76. The standard InChI is InChI=1S/C11H21NO2/c1-13-8-9-14-10-2-3-11(10)4-6-12-7-5-11/h10,12H,2-9H2,1H3. The fourth-order valence-corrected chi connectivity index (χ4v) is 2.70. The van der Waals surface area contributed by atoms with E-state index in [1.54, 1.807) is 7.11 Å². The lowest BCUT2D eigenvalue weighted by Gasteiger charge is -2.51. The quantitative estimate of drug-likeness (QED) is 0.690. The number of ether oxygens (including phenoxy) is 2. The summed E-state index contributed by atoms with van der Waals surface area (Å²) in [5, 5.41) is 3.42. The summed E-state index contributed by atoms with van der Waals surface area (Å²) in [6.45, 7) is 3.83. The Kier molecular flexibility index (Phi) is 3.42. The minimum Gasteiger partial charge on any atom is -0.382 e. The van der Waals surface area contributed by atoms with E-state index in [-0.39, 0.29) is 0 Å². The van der Waals surface area contributed by atoms with Crippen molar-refractivity contribution in [3.8, 4) is 0 Å². The van der Waals surface area contributed by atoms with Gasteiger partial charge in [-0.1, -0.05) is 0 Å². The van der Waals surface area contributed by atoms with Gasteiger partial charge in [-0.2, -0.15) is 0 Å². The first kappa shape index (κ1) is 10.4. The second-order valence-corrected chi connectivity index (χ2v) is 4.50. The molecule has 0 radical (unpaired) electrons. The van der Waals surface area contributed by atoms with E-state index >= 15 is 0 Å². The fourth-order valence-electron chi connectivity index (χ4n) is 2.70. The molecule has 0 aromatic rings. The third kappa shape index (κ3) is 1.95. The highest BCUT2D eigenvalue weighted by Crippen LogP contribution is 2.49.